The molecule has 1 unspecified atom stereocenters. The fourth-order valence-corrected chi connectivity index (χ4v) is 1.05. The van der Waals surface area contributed by atoms with Crippen LogP contribution < -0.4 is 5.32 Å². The summed E-state index contributed by atoms with van der Waals surface area (Å²) in [7, 11) is 0. The molecule has 5 nitrogen and oxygen atoms in total. The molecule has 0 radical (unpaired) electrons. The minimum Gasteiger partial charge on any atom is -0.480 e. The van der Waals surface area contributed by atoms with Gasteiger partial charge >= 0.3 is 5.97 Å². The second-order valence-electron chi connectivity index (χ2n) is 3.51. The maximum atomic E-state index is 11.0. The Kier molecular flexibility index (Phi) is 3.74. The number of aliphatic carboxylic acids is 1. The predicted octanol–water partition coefficient (Wildman–Crippen LogP) is 0.819. The summed E-state index contributed by atoms with van der Waals surface area (Å²) in [6, 6.07) is 1.72. The lowest BCUT2D eigenvalue weighted by Gasteiger charge is -2.24. The first-order valence-electron chi connectivity index (χ1n) is 4.83. The van der Waals surface area contributed by atoms with Crippen LogP contribution in [0.5, 0.6) is 0 Å². The van der Waals surface area contributed by atoms with E-state index in [-0.39, 0.29) is 0 Å². The molecule has 82 valence electrons. The van der Waals surface area contributed by atoms with Gasteiger partial charge < -0.3 is 5.11 Å². The molecule has 0 aliphatic heterocycles. The molecule has 0 aliphatic carbocycles. The highest BCUT2D eigenvalue weighted by atomic mass is 16.4. The van der Waals surface area contributed by atoms with Crippen LogP contribution >= 0.6 is 0 Å². The molecule has 1 rings (SSSR count). The van der Waals surface area contributed by atoms with Gasteiger partial charge in [-0.05, 0) is 19.4 Å². The lowest BCUT2D eigenvalue weighted by molar-refractivity contribution is -0.144. The van der Waals surface area contributed by atoms with E-state index in [0.717, 1.165) is 0 Å². The molecule has 5 heteroatoms. The Morgan fingerprint density at radius 2 is 2.13 bits per heavy atom. The van der Waals surface area contributed by atoms with E-state index in [1.165, 1.54) is 0 Å². The van der Waals surface area contributed by atoms with Gasteiger partial charge in [0.1, 0.15) is 11.4 Å². The minimum absolute atomic E-state index is 0.359. The number of carbonyl (C=O) groups is 1. The largest absolute Gasteiger partial charge is 0.480 e. The molecule has 0 bridgehead atoms. The molecule has 0 fully saturated rings. The second kappa shape index (κ2) is 4.84. The standard InChI is InChI=1S/C10H15N3O2/c1-3-10(2,9(14)15)13-7-8-11-5-4-6-12-8/h4-6,13H,3,7H2,1-2H3,(H,14,15). The van der Waals surface area contributed by atoms with E-state index >= 15 is 0 Å². The van der Waals surface area contributed by atoms with Crippen LogP contribution in [0.3, 0.4) is 0 Å². The quantitative estimate of drug-likeness (QED) is 0.751. The van der Waals surface area contributed by atoms with Gasteiger partial charge in [0, 0.05) is 12.4 Å². The third-order valence-electron chi connectivity index (χ3n) is 2.44. The molecule has 1 atom stereocenters. The number of carboxylic acid groups (broad SMARTS) is 1. The molecule has 1 heterocycles. The molecule has 0 saturated carbocycles. The second-order valence-corrected chi connectivity index (χ2v) is 3.51. The Morgan fingerprint density at radius 3 is 2.60 bits per heavy atom. The van der Waals surface area contributed by atoms with Gasteiger partial charge in [-0.1, -0.05) is 6.92 Å². The predicted molar refractivity (Wildman–Crippen MR) is 55.2 cm³/mol. The van der Waals surface area contributed by atoms with Crippen molar-refractivity contribution < 1.29 is 9.90 Å². The highest BCUT2D eigenvalue weighted by molar-refractivity contribution is 5.78. The van der Waals surface area contributed by atoms with Crippen molar-refractivity contribution in [1.82, 2.24) is 15.3 Å². The highest BCUT2D eigenvalue weighted by Gasteiger charge is 2.30. The summed E-state index contributed by atoms with van der Waals surface area (Å²) >= 11 is 0. The van der Waals surface area contributed by atoms with E-state index in [0.29, 0.717) is 18.8 Å². The molecule has 15 heavy (non-hydrogen) atoms. The maximum absolute atomic E-state index is 11.0. The van der Waals surface area contributed by atoms with Crippen molar-refractivity contribution in [2.75, 3.05) is 0 Å². The van der Waals surface area contributed by atoms with Crippen LogP contribution in [-0.4, -0.2) is 26.6 Å². The van der Waals surface area contributed by atoms with Gasteiger partial charge in [-0.25, -0.2) is 9.97 Å². The van der Waals surface area contributed by atoms with Gasteiger partial charge in [0.25, 0.3) is 0 Å². The SMILES string of the molecule is CCC(C)(NCc1ncccn1)C(=O)O. The number of carboxylic acids is 1. The molecular formula is C10H15N3O2. The highest BCUT2D eigenvalue weighted by Crippen LogP contribution is 2.09. The van der Waals surface area contributed by atoms with Crippen molar-refractivity contribution in [3.63, 3.8) is 0 Å². The molecule has 0 spiro atoms. The van der Waals surface area contributed by atoms with Gasteiger partial charge in [0.05, 0.1) is 6.54 Å². The number of nitrogens with zero attached hydrogens (tertiary/aromatic N) is 2. The first kappa shape index (κ1) is 11.6. The average Bonchev–Trinajstić information content (AvgIpc) is 2.27. The normalized spacial score (nSPS) is 14.5. The fourth-order valence-electron chi connectivity index (χ4n) is 1.05. The van der Waals surface area contributed by atoms with Crippen molar-refractivity contribution in [1.29, 1.82) is 0 Å². The van der Waals surface area contributed by atoms with E-state index in [4.69, 9.17) is 5.11 Å². The van der Waals surface area contributed by atoms with E-state index in [1.54, 1.807) is 25.4 Å². The van der Waals surface area contributed by atoms with Gasteiger partial charge in [-0.15, -0.1) is 0 Å². The van der Waals surface area contributed by atoms with E-state index in [9.17, 15) is 4.79 Å². The zero-order valence-electron chi connectivity index (χ0n) is 8.90. The third kappa shape index (κ3) is 2.99. The lowest BCUT2D eigenvalue weighted by Crippen LogP contribution is -2.48. The summed E-state index contributed by atoms with van der Waals surface area (Å²) in [5, 5.41) is 11.9. The number of aromatic nitrogens is 2. The summed E-state index contributed by atoms with van der Waals surface area (Å²) in [6.07, 6.45) is 3.78. The Labute approximate surface area is 88.6 Å². The number of hydrogen-bond acceptors (Lipinski definition) is 4. The minimum atomic E-state index is -0.917. The number of rotatable bonds is 5. The summed E-state index contributed by atoms with van der Waals surface area (Å²) in [4.78, 5) is 19.0. The number of hydrogen-bond donors (Lipinski definition) is 2. The Balaban J connectivity index is 2.59. The van der Waals surface area contributed by atoms with Crippen molar-refractivity contribution >= 4 is 5.97 Å². The van der Waals surface area contributed by atoms with Crippen LogP contribution in [0.15, 0.2) is 18.5 Å². The van der Waals surface area contributed by atoms with Crippen molar-refractivity contribution in [3.05, 3.63) is 24.3 Å². The summed E-state index contributed by atoms with van der Waals surface area (Å²) in [6.45, 7) is 3.84. The molecular weight excluding hydrogens is 194 g/mol. The first-order chi connectivity index (χ1) is 7.08. The van der Waals surface area contributed by atoms with Gasteiger partial charge in [-0.3, -0.25) is 10.1 Å². The zero-order valence-corrected chi connectivity index (χ0v) is 8.90. The van der Waals surface area contributed by atoms with Crippen LogP contribution in [0.2, 0.25) is 0 Å². The Hall–Kier alpha value is -1.49. The topological polar surface area (TPSA) is 75.1 Å². The van der Waals surface area contributed by atoms with Crippen LogP contribution in [0.25, 0.3) is 0 Å². The zero-order chi connectivity index (χ0) is 11.3. The average molecular weight is 209 g/mol. The molecule has 1 aromatic heterocycles. The summed E-state index contributed by atoms with van der Waals surface area (Å²) in [5.41, 5.74) is -0.917. The van der Waals surface area contributed by atoms with E-state index < -0.39 is 11.5 Å². The molecule has 0 aliphatic rings. The van der Waals surface area contributed by atoms with Crippen molar-refractivity contribution in [3.8, 4) is 0 Å². The van der Waals surface area contributed by atoms with Gasteiger partial charge in [-0.2, -0.15) is 0 Å². The summed E-state index contributed by atoms with van der Waals surface area (Å²) in [5.74, 6) is -0.264. The summed E-state index contributed by atoms with van der Waals surface area (Å²) < 4.78 is 0. The van der Waals surface area contributed by atoms with Crippen molar-refractivity contribution in [2.24, 2.45) is 0 Å². The monoisotopic (exact) mass is 209 g/mol. The van der Waals surface area contributed by atoms with Crippen LogP contribution in [-0.2, 0) is 11.3 Å². The first-order valence-corrected chi connectivity index (χ1v) is 4.83. The van der Waals surface area contributed by atoms with E-state index in [1.807, 2.05) is 6.92 Å². The fraction of sp³-hybridized carbons (Fsp3) is 0.500. The van der Waals surface area contributed by atoms with Crippen LogP contribution in [0.4, 0.5) is 0 Å². The van der Waals surface area contributed by atoms with Crippen LogP contribution in [0, 0.1) is 0 Å². The Morgan fingerprint density at radius 1 is 1.53 bits per heavy atom. The van der Waals surface area contributed by atoms with Gasteiger partial charge in [0.15, 0.2) is 0 Å². The molecule has 1 aromatic rings. The maximum Gasteiger partial charge on any atom is 0.323 e. The van der Waals surface area contributed by atoms with Gasteiger partial charge in [0.2, 0.25) is 0 Å². The Bertz CT molecular complexity index is 329. The molecule has 0 saturated heterocycles. The number of nitrogens with one attached hydrogen (secondary N) is 1. The molecule has 2 N–H and O–H groups in total. The van der Waals surface area contributed by atoms with Crippen molar-refractivity contribution in [2.45, 2.75) is 32.4 Å². The lowest BCUT2D eigenvalue weighted by atomic mass is 9.99. The third-order valence-corrected chi connectivity index (χ3v) is 2.44. The smallest absolute Gasteiger partial charge is 0.323 e. The van der Waals surface area contributed by atoms with E-state index in [2.05, 4.69) is 15.3 Å². The van der Waals surface area contributed by atoms with Crippen LogP contribution in [0.1, 0.15) is 26.1 Å². The molecule has 0 amide bonds. The molecule has 0 aromatic carbocycles.